The summed E-state index contributed by atoms with van der Waals surface area (Å²) in [4.78, 5) is 43.0. The molecule has 0 bridgehead atoms. The Balaban J connectivity index is 1.95. The quantitative estimate of drug-likeness (QED) is 0.339. The summed E-state index contributed by atoms with van der Waals surface area (Å²) < 4.78 is 11.0. The van der Waals surface area contributed by atoms with Gasteiger partial charge in [0.05, 0.1) is 13.2 Å². The van der Waals surface area contributed by atoms with E-state index in [-0.39, 0.29) is 32.3 Å². The molecule has 7 nitrogen and oxygen atoms in total. The zero-order chi connectivity index (χ0) is 24.3. The molecule has 0 N–H and O–H groups in total. The van der Waals surface area contributed by atoms with Gasteiger partial charge in [-0.2, -0.15) is 0 Å². The largest absolute Gasteiger partial charge is 0.464 e. The standard InChI is InChI=1S/C27H34N2O5/c1-3-5-17-33-25(30)23-24(26(31)34-18-6-4-2)29(20-22-15-11-8-12-16-22)27(32)28(23)19-21-13-9-7-10-14-21/h7-16,23-24H,3-6,17-20H2,1-2H3. The first-order valence-corrected chi connectivity index (χ1v) is 12.0. The number of ether oxygens (including phenoxy) is 2. The van der Waals surface area contributed by atoms with Gasteiger partial charge in [0, 0.05) is 13.1 Å². The second kappa shape index (κ2) is 12.8. The Morgan fingerprint density at radius 3 is 1.44 bits per heavy atom. The number of benzene rings is 2. The van der Waals surface area contributed by atoms with Gasteiger partial charge in [-0.1, -0.05) is 87.4 Å². The summed E-state index contributed by atoms with van der Waals surface area (Å²) >= 11 is 0. The minimum Gasteiger partial charge on any atom is -0.464 e. The highest BCUT2D eigenvalue weighted by molar-refractivity contribution is 5.97. The van der Waals surface area contributed by atoms with Gasteiger partial charge in [0.15, 0.2) is 12.1 Å². The second-order valence-corrected chi connectivity index (χ2v) is 8.44. The third kappa shape index (κ3) is 6.37. The molecule has 2 atom stereocenters. The summed E-state index contributed by atoms with van der Waals surface area (Å²) in [6, 6.07) is 16.3. The SMILES string of the molecule is CCCCOC(=O)C1C(C(=O)OCCCC)N(Cc2ccccc2)C(=O)N1Cc1ccccc1. The zero-order valence-electron chi connectivity index (χ0n) is 20.0. The average Bonchev–Trinajstić information content (AvgIpc) is 3.12. The van der Waals surface area contributed by atoms with Crippen LogP contribution in [0.4, 0.5) is 4.79 Å². The van der Waals surface area contributed by atoms with Gasteiger partial charge < -0.3 is 19.3 Å². The fourth-order valence-corrected chi connectivity index (χ4v) is 3.95. The molecular formula is C27H34N2O5. The molecule has 2 aromatic carbocycles. The highest BCUT2D eigenvalue weighted by Gasteiger charge is 2.54. The van der Waals surface area contributed by atoms with Crippen LogP contribution in [0.25, 0.3) is 0 Å². The molecule has 3 rings (SSSR count). The van der Waals surface area contributed by atoms with Crippen molar-refractivity contribution in [1.29, 1.82) is 0 Å². The lowest BCUT2D eigenvalue weighted by molar-refractivity contribution is -0.158. The molecular weight excluding hydrogens is 432 g/mol. The molecule has 1 saturated heterocycles. The minimum atomic E-state index is -1.08. The maximum absolute atomic E-state index is 13.6. The van der Waals surface area contributed by atoms with Gasteiger partial charge in [-0.15, -0.1) is 0 Å². The van der Waals surface area contributed by atoms with Crippen LogP contribution in [0.2, 0.25) is 0 Å². The maximum atomic E-state index is 13.6. The van der Waals surface area contributed by atoms with E-state index >= 15 is 0 Å². The van der Waals surface area contributed by atoms with Crippen molar-refractivity contribution in [3.8, 4) is 0 Å². The van der Waals surface area contributed by atoms with E-state index in [4.69, 9.17) is 9.47 Å². The number of urea groups is 1. The van der Waals surface area contributed by atoms with Crippen molar-refractivity contribution in [2.75, 3.05) is 13.2 Å². The Morgan fingerprint density at radius 2 is 1.09 bits per heavy atom. The van der Waals surface area contributed by atoms with Crippen molar-refractivity contribution in [2.24, 2.45) is 0 Å². The fraction of sp³-hybridized carbons (Fsp3) is 0.444. The summed E-state index contributed by atoms with van der Waals surface area (Å²) in [5.41, 5.74) is 1.73. The highest BCUT2D eigenvalue weighted by atomic mass is 16.5. The van der Waals surface area contributed by atoms with Crippen molar-refractivity contribution in [2.45, 2.75) is 64.7 Å². The number of hydrogen-bond acceptors (Lipinski definition) is 5. The van der Waals surface area contributed by atoms with Crippen molar-refractivity contribution < 1.29 is 23.9 Å². The Morgan fingerprint density at radius 1 is 0.706 bits per heavy atom. The van der Waals surface area contributed by atoms with Crippen LogP contribution in [0.1, 0.15) is 50.7 Å². The topological polar surface area (TPSA) is 76.2 Å². The first-order chi connectivity index (χ1) is 16.6. The van der Waals surface area contributed by atoms with Crippen LogP contribution >= 0.6 is 0 Å². The van der Waals surface area contributed by atoms with Crippen LogP contribution in [-0.4, -0.2) is 53.1 Å². The molecule has 7 heteroatoms. The molecule has 0 radical (unpaired) electrons. The third-order valence-corrected chi connectivity index (χ3v) is 5.82. The highest BCUT2D eigenvalue weighted by Crippen LogP contribution is 2.29. The Kier molecular flexibility index (Phi) is 9.50. The first kappa shape index (κ1) is 25.3. The zero-order valence-corrected chi connectivity index (χ0v) is 20.0. The number of nitrogens with zero attached hydrogens (tertiary/aromatic N) is 2. The predicted molar refractivity (Wildman–Crippen MR) is 129 cm³/mol. The predicted octanol–water partition coefficient (Wildman–Crippen LogP) is 4.55. The Labute approximate surface area is 201 Å². The van der Waals surface area contributed by atoms with Crippen molar-refractivity contribution in [3.63, 3.8) is 0 Å². The van der Waals surface area contributed by atoms with Gasteiger partial charge in [0.25, 0.3) is 0 Å². The summed E-state index contributed by atoms with van der Waals surface area (Å²) in [7, 11) is 0. The lowest BCUT2D eigenvalue weighted by Gasteiger charge is -2.25. The number of rotatable bonds is 12. The van der Waals surface area contributed by atoms with Crippen LogP contribution in [0.3, 0.4) is 0 Å². The summed E-state index contributed by atoms with van der Waals surface area (Å²) in [5, 5.41) is 0. The molecule has 0 aliphatic carbocycles. The Bertz CT molecular complexity index is 859. The average molecular weight is 467 g/mol. The van der Waals surface area contributed by atoms with Crippen LogP contribution < -0.4 is 0 Å². The lowest BCUT2D eigenvalue weighted by atomic mass is 10.1. The molecule has 0 saturated carbocycles. The molecule has 2 aromatic rings. The van der Waals surface area contributed by atoms with Crippen LogP contribution in [0.15, 0.2) is 60.7 Å². The third-order valence-electron chi connectivity index (χ3n) is 5.82. The smallest absolute Gasteiger partial charge is 0.331 e. The molecule has 1 fully saturated rings. The van der Waals surface area contributed by atoms with E-state index in [1.165, 1.54) is 9.80 Å². The molecule has 2 amide bonds. The van der Waals surface area contributed by atoms with Crippen LogP contribution in [0.5, 0.6) is 0 Å². The monoisotopic (exact) mass is 466 g/mol. The van der Waals surface area contributed by atoms with Gasteiger partial charge in [-0.3, -0.25) is 0 Å². The van der Waals surface area contributed by atoms with E-state index in [9.17, 15) is 14.4 Å². The molecule has 0 aromatic heterocycles. The maximum Gasteiger partial charge on any atom is 0.331 e. The van der Waals surface area contributed by atoms with E-state index < -0.39 is 24.0 Å². The minimum absolute atomic E-state index is 0.192. The summed E-state index contributed by atoms with van der Waals surface area (Å²) in [6.07, 6.45) is 3.16. The molecule has 1 heterocycles. The normalized spacial score (nSPS) is 17.6. The summed E-state index contributed by atoms with van der Waals surface area (Å²) in [6.45, 7) is 4.88. The Hall–Kier alpha value is -3.35. The van der Waals surface area contributed by atoms with Gasteiger partial charge in [-0.05, 0) is 24.0 Å². The van der Waals surface area contributed by atoms with Crippen LogP contribution in [-0.2, 0) is 32.2 Å². The number of carbonyl (C=O) groups is 3. The molecule has 34 heavy (non-hydrogen) atoms. The van der Waals surface area contributed by atoms with E-state index in [1.807, 2.05) is 74.5 Å². The van der Waals surface area contributed by atoms with Gasteiger partial charge >= 0.3 is 18.0 Å². The molecule has 2 unspecified atom stereocenters. The van der Waals surface area contributed by atoms with Crippen molar-refractivity contribution >= 4 is 18.0 Å². The number of unbranched alkanes of at least 4 members (excludes halogenated alkanes) is 2. The van der Waals surface area contributed by atoms with E-state index in [0.29, 0.717) is 12.8 Å². The van der Waals surface area contributed by atoms with Crippen molar-refractivity contribution in [1.82, 2.24) is 9.80 Å². The molecule has 0 spiro atoms. The first-order valence-electron chi connectivity index (χ1n) is 12.0. The van der Waals surface area contributed by atoms with Gasteiger partial charge in [-0.25, -0.2) is 14.4 Å². The molecule has 182 valence electrons. The number of hydrogen-bond donors (Lipinski definition) is 0. The second-order valence-electron chi connectivity index (χ2n) is 8.44. The van der Waals surface area contributed by atoms with Gasteiger partial charge in [0.1, 0.15) is 0 Å². The molecule has 1 aliphatic rings. The van der Waals surface area contributed by atoms with Crippen LogP contribution in [0, 0.1) is 0 Å². The number of amides is 2. The van der Waals surface area contributed by atoms with E-state index in [2.05, 4.69) is 0 Å². The van der Waals surface area contributed by atoms with E-state index in [1.54, 1.807) is 0 Å². The van der Waals surface area contributed by atoms with Gasteiger partial charge in [0.2, 0.25) is 0 Å². The number of carbonyl (C=O) groups excluding carboxylic acids is 3. The lowest BCUT2D eigenvalue weighted by Crippen LogP contribution is -2.49. The summed E-state index contributed by atoms with van der Waals surface area (Å²) in [5.74, 6) is -1.16. The van der Waals surface area contributed by atoms with E-state index in [0.717, 1.165) is 24.0 Å². The van der Waals surface area contributed by atoms with Crippen molar-refractivity contribution in [3.05, 3.63) is 71.8 Å². The molecule has 1 aliphatic heterocycles. The number of esters is 2. The fourth-order valence-electron chi connectivity index (χ4n) is 3.95.